The second-order valence-corrected chi connectivity index (χ2v) is 4.22. The SMILES string of the molecule is O=C(Cl)OC1CCC2CCC1C2. The molecule has 0 radical (unpaired) electrons. The molecule has 2 aliphatic carbocycles. The first-order valence-corrected chi connectivity index (χ1v) is 4.99. The van der Waals surface area contributed by atoms with Crippen molar-refractivity contribution in [2.45, 2.75) is 38.2 Å². The highest BCUT2D eigenvalue weighted by molar-refractivity contribution is 6.61. The summed E-state index contributed by atoms with van der Waals surface area (Å²) < 4.78 is 5.05. The van der Waals surface area contributed by atoms with Crippen LogP contribution in [0.25, 0.3) is 0 Å². The lowest BCUT2D eigenvalue weighted by Crippen LogP contribution is -2.26. The van der Waals surface area contributed by atoms with Gasteiger partial charge in [0.1, 0.15) is 6.10 Å². The zero-order chi connectivity index (χ0) is 8.55. The van der Waals surface area contributed by atoms with Crippen molar-refractivity contribution in [3.63, 3.8) is 0 Å². The van der Waals surface area contributed by atoms with Crippen LogP contribution in [0, 0.1) is 11.8 Å². The molecule has 68 valence electrons. The van der Waals surface area contributed by atoms with Gasteiger partial charge < -0.3 is 4.74 Å². The first-order chi connectivity index (χ1) is 5.75. The second-order valence-electron chi connectivity index (χ2n) is 3.91. The van der Waals surface area contributed by atoms with Crippen LogP contribution in [0.15, 0.2) is 0 Å². The van der Waals surface area contributed by atoms with E-state index in [-0.39, 0.29) is 6.10 Å². The summed E-state index contributed by atoms with van der Waals surface area (Å²) in [5.41, 5.74) is -0.634. The van der Waals surface area contributed by atoms with Gasteiger partial charge >= 0.3 is 5.43 Å². The standard InChI is InChI=1S/C9H13ClO2/c10-9(11)12-8-4-2-6-1-3-7(8)5-6/h6-8H,1-5H2. The zero-order valence-corrected chi connectivity index (χ0v) is 7.72. The Bertz CT molecular complexity index is 193. The Hall–Kier alpha value is -0.240. The van der Waals surface area contributed by atoms with Gasteiger partial charge in [0.25, 0.3) is 0 Å². The third-order valence-electron chi connectivity index (χ3n) is 3.21. The van der Waals surface area contributed by atoms with Crippen LogP contribution in [0.1, 0.15) is 32.1 Å². The summed E-state index contributed by atoms with van der Waals surface area (Å²) in [6, 6.07) is 0. The quantitative estimate of drug-likeness (QED) is 0.592. The molecule has 0 spiro atoms. The molecule has 0 aromatic rings. The van der Waals surface area contributed by atoms with Gasteiger partial charge in [-0.1, -0.05) is 6.42 Å². The van der Waals surface area contributed by atoms with Crippen LogP contribution < -0.4 is 0 Å². The molecule has 2 saturated carbocycles. The number of halogens is 1. The number of rotatable bonds is 1. The molecule has 3 unspecified atom stereocenters. The second kappa shape index (κ2) is 3.25. The molecule has 2 fully saturated rings. The average Bonchev–Trinajstić information content (AvgIpc) is 2.39. The fraction of sp³-hybridized carbons (Fsp3) is 0.889. The van der Waals surface area contributed by atoms with Crippen molar-refractivity contribution in [1.29, 1.82) is 0 Å². The molecule has 0 aromatic carbocycles. The van der Waals surface area contributed by atoms with Crippen molar-refractivity contribution in [3.8, 4) is 0 Å². The van der Waals surface area contributed by atoms with E-state index in [1.165, 1.54) is 25.7 Å². The van der Waals surface area contributed by atoms with Crippen LogP contribution >= 0.6 is 11.6 Å². The normalized spacial score (nSPS) is 39.6. The van der Waals surface area contributed by atoms with E-state index in [0.717, 1.165) is 12.3 Å². The van der Waals surface area contributed by atoms with Gasteiger partial charge in [-0.25, -0.2) is 4.79 Å². The number of hydrogen-bond acceptors (Lipinski definition) is 2. The highest BCUT2D eigenvalue weighted by Gasteiger charge is 2.37. The molecule has 0 saturated heterocycles. The summed E-state index contributed by atoms with van der Waals surface area (Å²) in [6.07, 6.45) is 6.14. The number of carbonyl (C=O) groups excluding carboxylic acids is 1. The van der Waals surface area contributed by atoms with Crippen LogP contribution in [-0.2, 0) is 4.74 Å². The first kappa shape index (κ1) is 8.36. The van der Waals surface area contributed by atoms with Crippen LogP contribution in [-0.4, -0.2) is 11.5 Å². The maximum Gasteiger partial charge on any atom is 0.404 e. The molecule has 2 bridgehead atoms. The molecule has 3 heteroatoms. The summed E-state index contributed by atoms with van der Waals surface area (Å²) in [7, 11) is 0. The summed E-state index contributed by atoms with van der Waals surface area (Å²) in [4.78, 5) is 10.5. The highest BCUT2D eigenvalue weighted by atomic mass is 35.5. The molecule has 2 aliphatic rings. The van der Waals surface area contributed by atoms with Crippen LogP contribution in [0.4, 0.5) is 4.79 Å². The fourth-order valence-corrected chi connectivity index (χ4v) is 2.74. The molecule has 12 heavy (non-hydrogen) atoms. The molecule has 3 atom stereocenters. The smallest absolute Gasteiger partial charge is 0.404 e. The van der Waals surface area contributed by atoms with E-state index in [1.54, 1.807) is 0 Å². The van der Waals surface area contributed by atoms with Gasteiger partial charge in [-0.2, -0.15) is 0 Å². The van der Waals surface area contributed by atoms with Crippen LogP contribution in [0.5, 0.6) is 0 Å². The fourth-order valence-electron chi connectivity index (χ4n) is 2.62. The maximum atomic E-state index is 10.5. The summed E-state index contributed by atoms with van der Waals surface area (Å²) in [5.74, 6) is 1.51. The lowest BCUT2D eigenvalue weighted by Gasteiger charge is -2.27. The predicted octanol–water partition coefficient (Wildman–Crippen LogP) is 2.94. The Morgan fingerprint density at radius 3 is 2.75 bits per heavy atom. The molecule has 0 amide bonds. The molecule has 0 heterocycles. The van der Waals surface area contributed by atoms with E-state index in [4.69, 9.17) is 16.3 Å². The minimum Gasteiger partial charge on any atom is -0.450 e. The van der Waals surface area contributed by atoms with Crippen molar-refractivity contribution >= 4 is 17.0 Å². The monoisotopic (exact) mass is 188 g/mol. The van der Waals surface area contributed by atoms with Crippen LogP contribution in [0.2, 0.25) is 0 Å². The first-order valence-electron chi connectivity index (χ1n) is 4.62. The van der Waals surface area contributed by atoms with Crippen molar-refractivity contribution in [3.05, 3.63) is 0 Å². The molecule has 0 aromatic heterocycles. The maximum absolute atomic E-state index is 10.5. The molecular formula is C9H13ClO2. The Kier molecular flexibility index (Phi) is 2.26. The molecular weight excluding hydrogens is 176 g/mol. The van der Waals surface area contributed by atoms with E-state index in [1.807, 2.05) is 0 Å². The molecule has 0 N–H and O–H groups in total. The van der Waals surface area contributed by atoms with Gasteiger partial charge in [0, 0.05) is 11.6 Å². The van der Waals surface area contributed by atoms with Crippen molar-refractivity contribution in [2.75, 3.05) is 0 Å². The third-order valence-corrected chi connectivity index (χ3v) is 3.30. The molecule has 0 aliphatic heterocycles. The van der Waals surface area contributed by atoms with E-state index in [2.05, 4.69) is 0 Å². The molecule has 2 rings (SSSR count). The predicted molar refractivity (Wildman–Crippen MR) is 46.2 cm³/mol. The average molecular weight is 189 g/mol. The van der Waals surface area contributed by atoms with Crippen molar-refractivity contribution in [2.24, 2.45) is 11.8 Å². The number of carbonyl (C=O) groups is 1. The Morgan fingerprint density at radius 2 is 2.00 bits per heavy atom. The lowest BCUT2D eigenvalue weighted by molar-refractivity contribution is 0.0580. The van der Waals surface area contributed by atoms with Gasteiger partial charge in [-0.05, 0) is 37.5 Å². The van der Waals surface area contributed by atoms with Gasteiger partial charge in [0.2, 0.25) is 0 Å². The van der Waals surface area contributed by atoms with Crippen molar-refractivity contribution < 1.29 is 9.53 Å². The largest absolute Gasteiger partial charge is 0.450 e. The molecule has 2 nitrogen and oxygen atoms in total. The number of ether oxygens (including phenoxy) is 1. The van der Waals surface area contributed by atoms with E-state index >= 15 is 0 Å². The summed E-state index contributed by atoms with van der Waals surface area (Å²) in [5, 5.41) is 0. The highest BCUT2D eigenvalue weighted by Crippen LogP contribution is 2.43. The summed E-state index contributed by atoms with van der Waals surface area (Å²) in [6.45, 7) is 0. The Morgan fingerprint density at radius 1 is 1.25 bits per heavy atom. The minimum atomic E-state index is -0.634. The third kappa shape index (κ3) is 1.58. The van der Waals surface area contributed by atoms with Gasteiger partial charge in [0.15, 0.2) is 0 Å². The zero-order valence-electron chi connectivity index (χ0n) is 6.96. The number of hydrogen-bond donors (Lipinski definition) is 0. The van der Waals surface area contributed by atoms with E-state index < -0.39 is 5.43 Å². The summed E-state index contributed by atoms with van der Waals surface area (Å²) >= 11 is 5.19. The minimum absolute atomic E-state index is 0.119. The van der Waals surface area contributed by atoms with Crippen LogP contribution in [0.3, 0.4) is 0 Å². The Balaban J connectivity index is 1.93. The number of fused-ring (bicyclic) bond motifs is 2. The van der Waals surface area contributed by atoms with Gasteiger partial charge in [0.05, 0.1) is 0 Å². The van der Waals surface area contributed by atoms with E-state index in [9.17, 15) is 4.79 Å². The topological polar surface area (TPSA) is 26.3 Å². The van der Waals surface area contributed by atoms with Gasteiger partial charge in [-0.15, -0.1) is 0 Å². The van der Waals surface area contributed by atoms with E-state index in [0.29, 0.717) is 5.92 Å². The lowest BCUT2D eigenvalue weighted by atomic mass is 9.87. The van der Waals surface area contributed by atoms with Crippen molar-refractivity contribution in [1.82, 2.24) is 0 Å². The van der Waals surface area contributed by atoms with Gasteiger partial charge in [-0.3, -0.25) is 0 Å². The Labute approximate surface area is 77.2 Å².